The van der Waals surface area contributed by atoms with Crippen LogP contribution >= 0.6 is 11.8 Å². The van der Waals surface area contributed by atoms with Gasteiger partial charge < -0.3 is 4.79 Å². The molecule has 0 aliphatic rings. The molecule has 15 heavy (non-hydrogen) atoms. The zero-order valence-electron chi connectivity index (χ0n) is 8.86. The predicted octanol–water partition coefficient (Wildman–Crippen LogP) is 2.73. The molecule has 1 rings (SSSR count). The fraction of sp³-hybridized carbons (Fsp3) is 0.333. The van der Waals surface area contributed by atoms with Gasteiger partial charge in [0.1, 0.15) is 6.29 Å². The third kappa shape index (κ3) is 2.60. The van der Waals surface area contributed by atoms with E-state index in [4.69, 9.17) is 5.26 Å². The van der Waals surface area contributed by atoms with Crippen molar-refractivity contribution in [3.63, 3.8) is 0 Å². The highest BCUT2D eigenvalue weighted by Crippen LogP contribution is 2.34. The van der Waals surface area contributed by atoms with Crippen LogP contribution in [0.2, 0.25) is 0 Å². The van der Waals surface area contributed by atoms with Crippen LogP contribution in [-0.2, 0) is 9.54 Å². The molecule has 3 heteroatoms. The van der Waals surface area contributed by atoms with Gasteiger partial charge in [0.2, 0.25) is 0 Å². The minimum absolute atomic E-state index is 0.540. The molecule has 0 heterocycles. The van der Waals surface area contributed by atoms with Gasteiger partial charge in [-0.2, -0.15) is 5.26 Å². The summed E-state index contributed by atoms with van der Waals surface area (Å²) in [5, 5.41) is 8.79. The largest absolute Gasteiger partial charge is 0.301 e. The maximum absolute atomic E-state index is 11.1. The monoisotopic (exact) mass is 219 g/mol. The summed E-state index contributed by atoms with van der Waals surface area (Å²) in [6.07, 6.45) is 0.942. The quantitative estimate of drug-likeness (QED) is 0.731. The number of nitriles is 1. The van der Waals surface area contributed by atoms with Gasteiger partial charge in [0, 0.05) is 0 Å². The molecule has 1 atom stereocenters. The second kappa shape index (κ2) is 4.99. The zero-order valence-corrected chi connectivity index (χ0v) is 9.67. The number of hydrogen-bond acceptors (Lipinski definition) is 3. The topological polar surface area (TPSA) is 40.9 Å². The molecular weight excluding hydrogens is 206 g/mol. The molecule has 0 saturated heterocycles. The Morgan fingerprint density at radius 1 is 1.60 bits per heavy atom. The Morgan fingerprint density at radius 3 is 2.87 bits per heavy atom. The molecule has 0 saturated carbocycles. The van der Waals surface area contributed by atoms with Crippen LogP contribution in [0.1, 0.15) is 25.0 Å². The van der Waals surface area contributed by atoms with Gasteiger partial charge >= 0.3 is 0 Å². The lowest BCUT2D eigenvalue weighted by Crippen LogP contribution is -2.19. The van der Waals surface area contributed by atoms with E-state index in [1.54, 1.807) is 23.9 Å². The van der Waals surface area contributed by atoms with Crippen molar-refractivity contribution in [2.24, 2.45) is 0 Å². The molecule has 1 unspecified atom stereocenters. The molecule has 0 aromatic heterocycles. The minimum atomic E-state index is -0.540. The Hall–Kier alpha value is -1.27. The third-order valence-electron chi connectivity index (χ3n) is 2.23. The van der Waals surface area contributed by atoms with Crippen LogP contribution in [-0.4, -0.2) is 12.0 Å². The zero-order chi connectivity index (χ0) is 11.3. The summed E-state index contributed by atoms with van der Waals surface area (Å²) >= 11 is 1.57. The van der Waals surface area contributed by atoms with Gasteiger partial charge in [-0.1, -0.05) is 19.1 Å². The summed E-state index contributed by atoms with van der Waals surface area (Å²) in [4.78, 5) is 11.1. The average Bonchev–Trinajstić information content (AvgIpc) is 2.29. The summed E-state index contributed by atoms with van der Waals surface area (Å²) in [7, 11) is 0. The van der Waals surface area contributed by atoms with Crippen molar-refractivity contribution in [2.75, 3.05) is 5.75 Å². The number of carbonyl (C=O) groups excluding carboxylic acids is 1. The summed E-state index contributed by atoms with van der Waals surface area (Å²) in [6.45, 7) is 3.89. The molecule has 1 aromatic rings. The number of carbonyl (C=O) groups is 1. The van der Waals surface area contributed by atoms with Gasteiger partial charge in [0.25, 0.3) is 0 Å². The standard InChI is InChI=1S/C12H13NOS/c1-3-15-12(2,9-14)11-6-4-5-10(7-11)8-13/h4-7,9H,3H2,1-2H3. The highest BCUT2D eigenvalue weighted by molar-refractivity contribution is 8.00. The van der Waals surface area contributed by atoms with E-state index < -0.39 is 4.75 Å². The molecule has 78 valence electrons. The van der Waals surface area contributed by atoms with Crippen molar-refractivity contribution in [3.8, 4) is 6.07 Å². The lowest BCUT2D eigenvalue weighted by atomic mass is 10.00. The van der Waals surface area contributed by atoms with E-state index in [0.717, 1.165) is 17.6 Å². The Labute approximate surface area is 94.3 Å². The molecule has 0 fully saturated rings. The Bertz CT molecular complexity index is 397. The lowest BCUT2D eigenvalue weighted by Gasteiger charge is -2.22. The van der Waals surface area contributed by atoms with Crippen molar-refractivity contribution >= 4 is 18.0 Å². The van der Waals surface area contributed by atoms with Crippen LogP contribution in [0.25, 0.3) is 0 Å². The van der Waals surface area contributed by atoms with E-state index in [2.05, 4.69) is 6.07 Å². The van der Waals surface area contributed by atoms with Crippen molar-refractivity contribution in [1.82, 2.24) is 0 Å². The van der Waals surface area contributed by atoms with E-state index in [9.17, 15) is 4.79 Å². The molecule has 1 aromatic carbocycles. The second-order valence-corrected chi connectivity index (χ2v) is 5.06. The molecular formula is C12H13NOS. The number of benzene rings is 1. The Balaban J connectivity index is 3.12. The lowest BCUT2D eigenvalue weighted by molar-refractivity contribution is -0.109. The first-order chi connectivity index (χ1) is 7.16. The van der Waals surface area contributed by atoms with Gasteiger partial charge in [0.15, 0.2) is 0 Å². The molecule has 0 aliphatic heterocycles. The summed E-state index contributed by atoms with van der Waals surface area (Å²) in [5.74, 6) is 0.867. The first kappa shape index (κ1) is 11.8. The highest BCUT2D eigenvalue weighted by Gasteiger charge is 2.25. The maximum atomic E-state index is 11.1. The second-order valence-electron chi connectivity index (χ2n) is 3.35. The molecule has 2 nitrogen and oxygen atoms in total. The summed E-state index contributed by atoms with van der Waals surface area (Å²) in [6, 6.07) is 9.29. The first-order valence-corrected chi connectivity index (χ1v) is 5.75. The molecule has 0 spiro atoms. The first-order valence-electron chi connectivity index (χ1n) is 4.77. The maximum Gasteiger partial charge on any atom is 0.140 e. The van der Waals surface area contributed by atoms with Crippen LogP contribution in [0, 0.1) is 11.3 Å². The smallest absolute Gasteiger partial charge is 0.140 e. The number of thioether (sulfide) groups is 1. The van der Waals surface area contributed by atoms with Crippen LogP contribution in [0.15, 0.2) is 24.3 Å². The molecule has 0 N–H and O–H groups in total. The Morgan fingerprint density at radius 2 is 2.33 bits per heavy atom. The fourth-order valence-electron chi connectivity index (χ4n) is 1.38. The normalized spacial score (nSPS) is 13.9. The predicted molar refractivity (Wildman–Crippen MR) is 62.7 cm³/mol. The van der Waals surface area contributed by atoms with Crippen molar-refractivity contribution in [1.29, 1.82) is 5.26 Å². The van der Waals surface area contributed by atoms with E-state index in [1.807, 2.05) is 26.0 Å². The van der Waals surface area contributed by atoms with Crippen LogP contribution in [0.3, 0.4) is 0 Å². The number of aldehydes is 1. The number of hydrogen-bond donors (Lipinski definition) is 0. The van der Waals surface area contributed by atoms with Crippen LogP contribution < -0.4 is 0 Å². The number of nitrogens with zero attached hydrogens (tertiary/aromatic N) is 1. The van der Waals surface area contributed by atoms with E-state index in [1.165, 1.54) is 0 Å². The van der Waals surface area contributed by atoms with Crippen molar-refractivity contribution in [2.45, 2.75) is 18.6 Å². The third-order valence-corrected chi connectivity index (χ3v) is 3.45. The molecule has 0 bridgehead atoms. The summed E-state index contributed by atoms with van der Waals surface area (Å²) < 4.78 is -0.540. The minimum Gasteiger partial charge on any atom is -0.301 e. The Kier molecular flexibility index (Phi) is 3.93. The SMILES string of the molecule is CCSC(C)(C=O)c1cccc(C#N)c1. The molecule has 0 radical (unpaired) electrons. The van der Waals surface area contributed by atoms with Gasteiger partial charge in [-0.15, -0.1) is 11.8 Å². The van der Waals surface area contributed by atoms with Gasteiger partial charge in [-0.05, 0) is 30.4 Å². The van der Waals surface area contributed by atoms with Crippen molar-refractivity contribution in [3.05, 3.63) is 35.4 Å². The van der Waals surface area contributed by atoms with E-state index in [-0.39, 0.29) is 0 Å². The summed E-state index contributed by atoms with van der Waals surface area (Å²) in [5.41, 5.74) is 1.49. The van der Waals surface area contributed by atoms with Gasteiger partial charge in [0.05, 0.1) is 16.4 Å². The highest BCUT2D eigenvalue weighted by atomic mass is 32.2. The van der Waals surface area contributed by atoms with Crippen LogP contribution in [0.5, 0.6) is 0 Å². The molecule has 0 aliphatic carbocycles. The molecule has 0 amide bonds. The number of rotatable bonds is 4. The van der Waals surface area contributed by atoms with Gasteiger partial charge in [-0.3, -0.25) is 0 Å². The van der Waals surface area contributed by atoms with Crippen LogP contribution in [0.4, 0.5) is 0 Å². The fourth-order valence-corrected chi connectivity index (χ4v) is 2.34. The van der Waals surface area contributed by atoms with Gasteiger partial charge in [-0.25, -0.2) is 0 Å². The average molecular weight is 219 g/mol. The van der Waals surface area contributed by atoms with E-state index >= 15 is 0 Å². The van der Waals surface area contributed by atoms with E-state index in [0.29, 0.717) is 5.56 Å². The van der Waals surface area contributed by atoms with Crippen molar-refractivity contribution < 1.29 is 4.79 Å².